The Hall–Kier alpha value is -2.73. The number of furan rings is 1. The first kappa shape index (κ1) is 20.0. The molecule has 0 aliphatic heterocycles. The van der Waals surface area contributed by atoms with Crippen molar-refractivity contribution in [1.82, 2.24) is 0 Å². The van der Waals surface area contributed by atoms with Crippen molar-refractivity contribution in [2.75, 3.05) is 5.32 Å². The van der Waals surface area contributed by atoms with Crippen molar-refractivity contribution in [2.45, 2.75) is 33.3 Å². The predicted octanol–water partition coefficient (Wildman–Crippen LogP) is 6.01. The van der Waals surface area contributed by atoms with E-state index in [0.29, 0.717) is 17.2 Å². The van der Waals surface area contributed by atoms with Gasteiger partial charge in [0.05, 0.1) is 4.47 Å². The molecule has 2 N–H and O–H groups in total. The van der Waals surface area contributed by atoms with Gasteiger partial charge < -0.3 is 19.6 Å². The van der Waals surface area contributed by atoms with Gasteiger partial charge in [0.2, 0.25) is 0 Å². The third-order valence-corrected chi connectivity index (χ3v) is 4.99. The van der Waals surface area contributed by atoms with Gasteiger partial charge in [-0.15, -0.1) is 0 Å². The van der Waals surface area contributed by atoms with Gasteiger partial charge in [0.25, 0.3) is 5.91 Å². The molecule has 0 saturated carbocycles. The molecule has 6 heteroatoms. The lowest BCUT2D eigenvalue weighted by atomic mass is 9.99. The largest absolute Gasteiger partial charge is 0.508 e. The Morgan fingerprint density at radius 3 is 2.68 bits per heavy atom. The number of nitrogens with one attached hydrogen (secondary N) is 1. The maximum atomic E-state index is 12.6. The molecule has 2 aromatic carbocycles. The van der Waals surface area contributed by atoms with Crippen molar-refractivity contribution < 1.29 is 19.1 Å². The normalized spacial score (nSPS) is 10.9. The monoisotopic (exact) mass is 443 g/mol. The van der Waals surface area contributed by atoms with E-state index in [-0.39, 0.29) is 29.9 Å². The van der Waals surface area contributed by atoms with Gasteiger partial charge in [-0.3, -0.25) is 4.79 Å². The lowest BCUT2D eigenvalue weighted by Gasteiger charge is -2.14. The Kier molecular flexibility index (Phi) is 6.09. The molecule has 1 heterocycles. The summed E-state index contributed by atoms with van der Waals surface area (Å²) in [4.78, 5) is 12.6. The summed E-state index contributed by atoms with van der Waals surface area (Å²) < 4.78 is 12.2. The summed E-state index contributed by atoms with van der Waals surface area (Å²) in [5, 5.41) is 12.9. The van der Waals surface area contributed by atoms with Gasteiger partial charge in [-0.05, 0) is 76.3 Å². The van der Waals surface area contributed by atoms with Crippen LogP contribution in [0.5, 0.6) is 11.5 Å². The lowest BCUT2D eigenvalue weighted by Crippen LogP contribution is -2.12. The Bertz CT molecular complexity index is 994. The van der Waals surface area contributed by atoms with Crippen LogP contribution in [0.1, 0.15) is 47.2 Å². The molecule has 5 nitrogen and oxygen atoms in total. The number of phenols is 1. The molecule has 3 aromatic rings. The first-order chi connectivity index (χ1) is 13.3. The van der Waals surface area contributed by atoms with E-state index in [1.54, 1.807) is 24.3 Å². The summed E-state index contributed by atoms with van der Waals surface area (Å²) in [6.07, 6.45) is 0. The molecule has 1 aromatic heterocycles. The van der Waals surface area contributed by atoms with Gasteiger partial charge in [-0.25, -0.2) is 0 Å². The summed E-state index contributed by atoms with van der Waals surface area (Å²) in [5.41, 5.74) is 2.20. The van der Waals surface area contributed by atoms with Crippen LogP contribution < -0.4 is 10.1 Å². The molecule has 0 aliphatic carbocycles. The van der Waals surface area contributed by atoms with Crippen molar-refractivity contribution in [1.29, 1.82) is 0 Å². The highest BCUT2D eigenvalue weighted by atomic mass is 79.9. The molecule has 28 heavy (non-hydrogen) atoms. The van der Waals surface area contributed by atoms with E-state index in [9.17, 15) is 9.90 Å². The maximum Gasteiger partial charge on any atom is 0.291 e. The van der Waals surface area contributed by atoms with E-state index in [1.807, 2.05) is 45.0 Å². The smallest absolute Gasteiger partial charge is 0.291 e. The Balaban J connectivity index is 1.69. The number of hydrogen-bond acceptors (Lipinski definition) is 4. The number of para-hydroxylation sites is 1. The predicted molar refractivity (Wildman–Crippen MR) is 112 cm³/mol. The fourth-order valence-electron chi connectivity index (χ4n) is 2.78. The molecule has 3 rings (SSSR count). The van der Waals surface area contributed by atoms with Crippen LogP contribution in [0.4, 0.5) is 5.69 Å². The fourth-order valence-corrected chi connectivity index (χ4v) is 3.18. The highest BCUT2D eigenvalue weighted by molar-refractivity contribution is 9.10. The SMILES string of the molecule is Cc1cc(O)c(C(C)C)cc1NC(=O)c1ccc(COc2ccccc2Br)o1. The zero-order chi connectivity index (χ0) is 20.3. The van der Waals surface area contributed by atoms with Gasteiger partial charge in [0.15, 0.2) is 5.76 Å². The van der Waals surface area contributed by atoms with Crippen LogP contribution in [-0.2, 0) is 6.61 Å². The molecule has 146 valence electrons. The minimum Gasteiger partial charge on any atom is -0.508 e. The van der Waals surface area contributed by atoms with Crippen LogP contribution >= 0.6 is 15.9 Å². The number of aromatic hydroxyl groups is 1. The zero-order valence-electron chi connectivity index (χ0n) is 16.0. The summed E-state index contributed by atoms with van der Waals surface area (Å²) in [6.45, 7) is 6.02. The van der Waals surface area contributed by atoms with Gasteiger partial charge in [0, 0.05) is 5.69 Å². The Labute approximate surface area is 172 Å². The fraction of sp³-hybridized carbons (Fsp3) is 0.227. The summed E-state index contributed by atoms with van der Waals surface area (Å²) >= 11 is 3.43. The summed E-state index contributed by atoms with van der Waals surface area (Å²) in [7, 11) is 0. The van der Waals surface area contributed by atoms with Gasteiger partial charge in [0.1, 0.15) is 23.9 Å². The lowest BCUT2D eigenvalue weighted by molar-refractivity contribution is 0.0992. The number of carbonyl (C=O) groups is 1. The maximum absolute atomic E-state index is 12.6. The number of amides is 1. The highest BCUT2D eigenvalue weighted by Crippen LogP contribution is 2.31. The van der Waals surface area contributed by atoms with Crippen molar-refractivity contribution in [3.8, 4) is 11.5 Å². The summed E-state index contributed by atoms with van der Waals surface area (Å²) in [5.74, 6) is 1.47. The molecule has 0 bridgehead atoms. The second kappa shape index (κ2) is 8.52. The Morgan fingerprint density at radius 1 is 1.21 bits per heavy atom. The van der Waals surface area contributed by atoms with Crippen LogP contribution in [-0.4, -0.2) is 11.0 Å². The zero-order valence-corrected chi connectivity index (χ0v) is 17.5. The number of ether oxygens (including phenoxy) is 1. The molecule has 1 amide bonds. The first-order valence-corrected chi connectivity index (χ1v) is 9.75. The highest BCUT2D eigenvalue weighted by Gasteiger charge is 2.16. The van der Waals surface area contributed by atoms with Crippen LogP contribution in [0.3, 0.4) is 0 Å². The van der Waals surface area contributed by atoms with Crippen molar-refractivity contribution >= 4 is 27.5 Å². The first-order valence-electron chi connectivity index (χ1n) is 8.96. The minimum atomic E-state index is -0.351. The van der Waals surface area contributed by atoms with E-state index in [2.05, 4.69) is 21.2 Å². The molecular weight excluding hydrogens is 422 g/mol. The van der Waals surface area contributed by atoms with Crippen molar-refractivity contribution in [3.63, 3.8) is 0 Å². The second-order valence-electron chi connectivity index (χ2n) is 6.82. The molecule has 0 unspecified atom stereocenters. The third kappa shape index (κ3) is 4.57. The van der Waals surface area contributed by atoms with Crippen LogP contribution in [0, 0.1) is 6.92 Å². The molecule has 0 saturated heterocycles. The van der Waals surface area contributed by atoms with Gasteiger partial charge in [-0.1, -0.05) is 26.0 Å². The van der Waals surface area contributed by atoms with Crippen molar-refractivity contribution in [3.05, 3.63) is 75.7 Å². The molecule has 0 spiro atoms. The number of aryl methyl sites for hydroxylation is 1. The second-order valence-corrected chi connectivity index (χ2v) is 7.67. The van der Waals surface area contributed by atoms with E-state index in [1.165, 1.54) is 0 Å². The average molecular weight is 444 g/mol. The molecule has 0 aliphatic rings. The Morgan fingerprint density at radius 2 is 1.96 bits per heavy atom. The standard InChI is InChI=1S/C22H22BrNO4/c1-13(2)16-11-18(14(3)10-19(16)25)24-22(26)21-9-8-15(28-21)12-27-20-7-5-4-6-17(20)23/h4-11,13,25H,12H2,1-3H3,(H,24,26). The van der Waals surface area contributed by atoms with E-state index in [4.69, 9.17) is 9.15 Å². The quantitative estimate of drug-likeness (QED) is 0.457. The molecule has 0 atom stereocenters. The molecular formula is C22H22BrNO4. The van der Waals surface area contributed by atoms with E-state index in [0.717, 1.165) is 15.6 Å². The topological polar surface area (TPSA) is 71.7 Å². The van der Waals surface area contributed by atoms with Crippen molar-refractivity contribution in [2.24, 2.45) is 0 Å². The number of halogens is 1. The van der Waals surface area contributed by atoms with Crippen LogP contribution in [0.15, 0.2) is 57.4 Å². The summed E-state index contributed by atoms with van der Waals surface area (Å²) in [6, 6.07) is 14.3. The number of carbonyl (C=O) groups excluding carboxylic acids is 1. The molecule has 0 radical (unpaired) electrons. The van der Waals surface area contributed by atoms with E-state index < -0.39 is 0 Å². The number of benzene rings is 2. The number of hydrogen-bond donors (Lipinski definition) is 2. The van der Waals surface area contributed by atoms with Gasteiger partial charge >= 0.3 is 0 Å². The number of rotatable bonds is 6. The van der Waals surface area contributed by atoms with E-state index >= 15 is 0 Å². The average Bonchev–Trinajstić information content (AvgIpc) is 3.12. The van der Waals surface area contributed by atoms with Crippen LogP contribution in [0.2, 0.25) is 0 Å². The van der Waals surface area contributed by atoms with Gasteiger partial charge in [-0.2, -0.15) is 0 Å². The third-order valence-electron chi connectivity index (χ3n) is 4.34. The number of phenolic OH excluding ortho intramolecular Hbond substituents is 1. The molecule has 0 fully saturated rings. The van der Waals surface area contributed by atoms with Crippen LogP contribution in [0.25, 0.3) is 0 Å². The minimum absolute atomic E-state index is 0.140. The number of anilines is 1.